The second-order valence-corrected chi connectivity index (χ2v) is 5.10. The Balaban J connectivity index is 2.51. The number of rotatable bonds is 5. The molecule has 0 bridgehead atoms. The fourth-order valence-corrected chi connectivity index (χ4v) is 2.04. The molecule has 1 aromatic rings. The Morgan fingerprint density at radius 2 is 2.00 bits per heavy atom. The Morgan fingerprint density at radius 1 is 1.39 bits per heavy atom. The van der Waals surface area contributed by atoms with Gasteiger partial charge < -0.3 is 4.90 Å². The molecule has 1 rings (SSSR count). The van der Waals surface area contributed by atoms with E-state index < -0.39 is 0 Å². The molecule has 0 aliphatic rings. The molecule has 0 radical (unpaired) electrons. The highest BCUT2D eigenvalue weighted by atomic mass is 79.9. The zero-order chi connectivity index (χ0) is 13.5. The van der Waals surface area contributed by atoms with Crippen molar-refractivity contribution in [1.29, 1.82) is 0 Å². The predicted molar refractivity (Wildman–Crippen MR) is 75.0 cm³/mol. The maximum Gasteiger partial charge on any atom is 0.222 e. The third kappa shape index (κ3) is 5.00. The predicted octanol–water partition coefficient (Wildman–Crippen LogP) is 3.52. The molecule has 98 valence electrons. The van der Waals surface area contributed by atoms with Gasteiger partial charge in [0.15, 0.2) is 0 Å². The monoisotopic (exact) mass is 313 g/mol. The molecular formula is C14H17BrFNO. The van der Waals surface area contributed by atoms with Gasteiger partial charge in [-0.2, -0.15) is 0 Å². The van der Waals surface area contributed by atoms with Gasteiger partial charge in [-0.05, 0) is 24.1 Å². The van der Waals surface area contributed by atoms with Gasteiger partial charge in [-0.1, -0.05) is 41.1 Å². The highest BCUT2D eigenvalue weighted by molar-refractivity contribution is 9.11. The zero-order valence-electron chi connectivity index (χ0n) is 10.6. The lowest BCUT2D eigenvalue weighted by Crippen LogP contribution is -2.26. The standard InChI is InChI=1S/C14H17BrFNO/c1-3-14(18)17(2)10-12(15)7-4-11-5-8-13(16)9-6-11/h5-9H,3-4,10H2,1-2H3/b12-7-. The van der Waals surface area contributed by atoms with Crippen LogP contribution in [0.2, 0.25) is 0 Å². The van der Waals surface area contributed by atoms with E-state index in [2.05, 4.69) is 15.9 Å². The molecule has 0 aliphatic carbocycles. The Kier molecular flexibility index (Phi) is 6.05. The first-order chi connectivity index (χ1) is 8.52. The van der Waals surface area contributed by atoms with E-state index in [4.69, 9.17) is 0 Å². The van der Waals surface area contributed by atoms with E-state index in [0.29, 0.717) is 13.0 Å². The van der Waals surface area contributed by atoms with Crippen LogP contribution >= 0.6 is 15.9 Å². The summed E-state index contributed by atoms with van der Waals surface area (Å²) in [7, 11) is 1.78. The number of allylic oxidation sites excluding steroid dienone is 1. The largest absolute Gasteiger partial charge is 0.341 e. The summed E-state index contributed by atoms with van der Waals surface area (Å²) in [6.45, 7) is 2.41. The summed E-state index contributed by atoms with van der Waals surface area (Å²) in [4.78, 5) is 13.1. The van der Waals surface area contributed by atoms with Crippen molar-refractivity contribution in [2.24, 2.45) is 0 Å². The van der Waals surface area contributed by atoms with Crippen LogP contribution in [-0.4, -0.2) is 24.4 Å². The Bertz CT molecular complexity index is 428. The second kappa shape index (κ2) is 7.31. The first-order valence-electron chi connectivity index (χ1n) is 5.86. The summed E-state index contributed by atoms with van der Waals surface area (Å²) in [5.74, 6) is -0.114. The fraction of sp³-hybridized carbons (Fsp3) is 0.357. The van der Waals surface area contributed by atoms with Gasteiger partial charge in [0.25, 0.3) is 0 Å². The molecule has 0 atom stereocenters. The van der Waals surface area contributed by atoms with Crippen molar-refractivity contribution in [2.45, 2.75) is 19.8 Å². The van der Waals surface area contributed by atoms with Gasteiger partial charge in [0.1, 0.15) is 5.82 Å². The molecule has 0 saturated heterocycles. The molecule has 0 spiro atoms. The number of benzene rings is 1. The van der Waals surface area contributed by atoms with E-state index in [0.717, 1.165) is 16.5 Å². The van der Waals surface area contributed by atoms with E-state index in [1.54, 1.807) is 24.1 Å². The molecule has 0 heterocycles. The summed E-state index contributed by atoms with van der Waals surface area (Å²) < 4.78 is 13.7. The Hall–Kier alpha value is -1.16. The summed E-state index contributed by atoms with van der Waals surface area (Å²) in [5.41, 5.74) is 1.04. The molecule has 2 nitrogen and oxygen atoms in total. The van der Waals surface area contributed by atoms with Gasteiger partial charge in [0.2, 0.25) is 5.91 Å². The van der Waals surface area contributed by atoms with Gasteiger partial charge in [0.05, 0.1) is 6.54 Å². The molecule has 0 fully saturated rings. The van der Waals surface area contributed by atoms with Gasteiger partial charge in [-0.3, -0.25) is 4.79 Å². The van der Waals surface area contributed by atoms with Gasteiger partial charge in [-0.15, -0.1) is 0 Å². The molecule has 0 aromatic heterocycles. The average molecular weight is 314 g/mol. The molecule has 0 unspecified atom stereocenters. The molecule has 1 amide bonds. The van der Waals surface area contributed by atoms with Crippen LogP contribution < -0.4 is 0 Å². The third-order valence-electron chi connectivity index (χ3n) is 2.59. The van der Waals surface area contributed by atoms with Crippen LogP contribution in [0.4, 0.5) is 4.39 Å². The van der Waals surface area contributed by atoms with Gasteiger partial charge in [0, 0.05) is 18.0 Å². The smallest absolute Gasteiger partial charge is 0.222 e. The van der Waals surface area contributed by atoms with Crippen LogP contribution in [0.5, 0.6) is 0 Å². The normalized spacial score (nSPS) is 11.4. The van der Waals surface area contributed by atoms with Crippen LogP contribution in [0, 0.1) is 5.82 Å². The summed E-state index contributed by atoms with van der Waals surface area (Å²) in [5, 5.41) is 0. The number of likely N-dealkylation sites (N-methyl/N-ethyl adjacent to an activating group) is 1. The topological polar surface area (TPSA) is 20.3 Å². The first kappa shape index (κ1) is 14.9. The summed E-state index contributed by atoms with van der Waals surface area (Å²) in [6, 6.07) is 6.41. The van der Waals surface area contributed by atoms with E-state index in [-0.39, 0.29) is 11.7 Å². The highest BCUT2D eigenvalue weighted by Crippen LogP contribution is 2.11. The number of hydrogen-bond acceptors (Lipinski definition) is 1. The van der Waals surface area contributed by atoms with Crippen LogP contribution in [0.25, 0.3) is 0 Å². The zero-order valence-corrected chi connectivity index (χ0v) is 12.2. The number of halogens is 2. The van der Waals surface area contributed by atoms with Gasteiger partial charge in [-0.25, -0.2) is 4.39 Å². The lowest BCUT2D eigenvalue weighted by atomic mass is 10.1. The number of hydrogen-bond donors (Lipinski definition) is 0. The molecule has 4 heteroatoms. The van der Waals surface area contributed by atoms with Crippen molar-refractivity contribution in [2.75, 3.05) is 13.6 Å². The van der Waals surface area contributed by atoms with Crippen LogP contribution in [0.15, 0.2) is 34.8 Å². The van der Waals surface area contributed by atoms with Crippen molar-refractivity contribution in [3.63, 3.8) is 0 Å². The molecule has 0 aliphatic heterocycles. The van der Waals surface area contributed by atoms with E-state index in [1.165, 1.54) is 12.1 Å². The number of carbonyl (C=O) groups is 1. The van der Waals surface area contributed by atoms with Crippen molar-refractivity contribution in [1.82, 2.24) is 4.90 Å². The lowest BCUT2D eigenvalue weighted by Gasteiger charge is -2.15. The van der Waals surface area contributed by atoms with Gasteiger partial charge >= 0.3 is 0 Å². The van der Waals surface area contributed by atoms with Crippen molar-refractivity contribution >= 4 is 21.8 Å². The van der Waals surface area contributed by atoms with Crippen LogP contribution in [0.1, 0.15) is 18.9 Å². The number of amides is 1. The fourth-order valence-electron chi connectivity index (χ4n) is 1.50. The Labute approximate surface area is 116 Å². The number of nitrogens with zero attached hydrogens (tertiary/aromatic N) is 1. The maximum absolute atomic E-state index is 12.7. The highest BCUT2D eigenvalue weighted by Gasteiger charge is 2.06. The molecule has 18 heavy (non-hydrogen) atoms. The van der Waals surface area contributed by atoms with E-state index >= 15 is 0 Å². The van der Waals surface area contributed by atoms with Crippen molar-refractivity contribution in [3.8, 4) is 0 Å². The average Bonchev–Trinajstić information content (AvgIpc) is 2.37. The third-order valence-corrected chi connectivity index (χ3v) is 3.16. The first-order valence-corrected chi connectivity index (χ1v) is 6.65. The second-order valence-electron chi connectivity index (χ2n) is 4.08. The lowest BCUT2D eigenvalue weighted by molar-refractivity contribution is -0.129. The SMILES string of the molecule is CCC(=O)N(C)C/C(Br)=C/Cc1ccc(F)cc1. The summed E-state index contributed by atoms with van der Waals surface area (Å²) in [6.07, 6.45) is 3.22. The van der Waals surface area contributed by atoms with E-state index in [1.807, 2.05) is 13.0 Å². The quantitative estimate of drug-likeness (QED) is 0.814. The van der Waals surface area contributed by atoms with E-state index in [9.17, 15) is 9.18 Å². The number of carbonyl (C=O) groups excluding carboxylic acids is 1. The minimum absolute atomic E-state index is 0.113. The minimum Gasteiger partial charge on any atom is -0.341 e. The van der Waals surface area contributed by atoms with Crippen LogP contribution in [0.3, 0.4) is 0 Å². The summed E-state index contributed by atoms with van der Waals surface area (Å²) >= 11 is 3.44. The Morgan fingerprint density at radius 3 is 2.56 bits per heavy atom. The molecule has 0 N–H and O–H groups in total. The minimum atomic E-state index is -0.227. The maximum atomic E-state index is 12.7. The molecule has 1 aromatic carbocycles. The van der Waals surface area contributed by atoms with Crippen molar-refractivity contribution in [3.05, 3.63) is 46.2 Å². The van der Waals surface area contributed by atoms with Crippen LogP contribution in [-0.2, 0) is 11.2 Å². The molecule has 0 saturated carbocycles. The molecular weight excluding hydrogens is 297 g/mol. The van der Waals surface area contributed by atoms with Crippen molar-refractivity contribution < 1.29 is 9.18 Å².